The van der Waals surface area contributed by atoms with E-state index >= 15 is 0 Å². The van der Waals surface area contributed by atoms with E-state index in [1.54, 1.807) is 0 Å². The zero-order valence-electron chi connectivity index (χ0n) is 14.9. The van der Waals surface area contributed by atoms with Crippen molar-refractivity contribution in [1.29, 1.82) is 0 Å². The van der Waals surface area contributed by atoms with Crippen molar-refractivity contribution in [1.82, 2.24) is 14.9 Å². The Balaban J connectivity index is 1.60. The minimum absolute atomic E-state index is 0.644. The summed E-state index contributed by atoms with van der Waals surface area (Å²) >= 11 is 0. The summed E-state index contributed by atoms with van der Waals surface area (Å²) in [5, 5.41) is 0. The van der Waals surface area contributed by atoms with E-state index in [1.165, 1.54) is 43.6 Å². The van der Waals surface area contributed by atoms with Crippen molar-refractivity contribution in [3.8, 4) is 0 Å². The number of hydrogen-bond acceptors (Lipinski definition) is 4. The Bertz CT molecular complexity index is 627. The van der Waals surface area contributed by atoms with Gasteiger partial charge in [0, 0.05) is 38.6 Å². The van der Waals surface area contributed by atoms with Gasteiger partial charge in [0.2, 0.25) is 0 Å². The lowest BCUT2D eigenvalue weighted by Gasteiger charge is -2.35. The Morgan fingerprint density at radius 2 is 1.96 bits per heavy atom. The lowest BCUT2D eigenvalue weighted by Crippen LogP contribution is -2.39. The lowest BCUT2D eigenvalue weighted by atomic mass is 9.96. The predicted molar refractivity (Wildman–Crippen MR) is 99.2 cm³/mol. The summed E-state index contributed by atoms with van der Waals surface area (Å²) in [5.41, 5.74) is 2.38. The molecule has 0 saturated carbocycles. The highest BCUT2D eigenvalue weighted by Gasteiger charge is 2.22. The maximum Gasteiger partial charge on any atom is 0.128 e. The van der Waals surface area contributed by atoms with E-state index in [0.717, 1.165) is 18.8 Å². The van der Waals surface area contributed by atoms with E-state index in [0.29, 0.717) is 6.04 Å². The topological polar surface area (TPSA) is 32.3 Å². The molecular formula is C20H28N4. The molecule has 0 radical (unpaired) electrons. The van der Waals surface area contributed by atoms with Crippen LogP contribution in [-0.4, -0.2) is 41.5 Å². The third-order valence-electron chi connectivity index (χ3n) is 4.82. The zero-order valence-corrected chi connectivity index (χ0v) is 14.9. The first-order chi connectivity index (χ1) is 11.7. The smallest absolute Gasteiger partial charge is 0.128 e. The second kappa shape index (κ2) is 8.25. The van der Waals surface area contributed by atoms with Gasteiger partial charge in [-0.05, 0) is 56.5 Å². The third-order valence-corrected chi connectivity index (χ3v) is 4.82. The van der Waals surface area contributed by atoms with Gasteiger partial charge in [-0.25, -0.2) is 4.98 Å². The number of nitrogens with zero attached hydrogens (tertiary/aromatic N) is 4. The molecule has 1 aliphatic rings. The van der Waals surface area contributed by atoms with Crippen LogP contribution in [0.5, 0.6) is 0 Å². The van der Waals surface area contributed by atoms with Crippen LogP contribution >= 0.6 is 0 Å². The second-order valence-electron chi connectivity index (χ2n) is 6.86. The van der Waals surface area contributed by atoms with Gasteiger partial charge >= 0.3 is 0 Å². The Morgan fingerprint density at radius 1 is 1.08 bits per heavy atom. The van der Waals surface area contributed by atoms with Gasteiger partial charge in [0.05, 0.1) is 5.69 Å². The van der Waals surface area contributed by atoms with Gasteiger partial charge in [0.15, 0.2) is 0 Å². The highest BCUT2D eigenvalue weighted by molar-refractivity contribution is 5.37. The highest BCUT2D eigenvalue weighted by Crippen LogP contribution is 2.23. The average Bonchev–Trinajstić information content (AvgIpc) is 2.62. The minimum Gasteiger partial charge on any atom is -0.363 e. The number of anilines is 1. The predicted octanol–water partition coefficient (Wildman–Crippen LogP) is 3.53. The highest BCUT2D eigenvalue weighted by atomic mass is 15.2. The lowest BCUT2D eigenvalue weighted by molar-refractivity contribution is 0.130. The minimum atomic E-state index is 0.644. The van der Waals surface area contributed by atoms with Gasteiger partial charge in [-0.1, -0.05) is 18.6 Å². The first-order valence-corrected chi connectivity index (χ1v) is 8.99. The van der Waals surface area contributed by atoms with E-state index in [-0.39, 0.29) is 0 Å². The van der Waals surface area contributed by atoms with Gasteiger partial charge in [-0.2, -0.15) is 0 Å². The van der Waals surface area contributed by atoms with Gasteiger partial charge in [0.1, 0.15) is 5.82 Å². The van der Waals surface area contributed by atoms with Crippen LogP contribution < -0.4 is 4.90 Å². The first kappa shape index (κ1) is 16.9. The summed E-state index contributed by atoms with van der Waals surface area (Å²) in [7, 11) is 4.09. The molecule has 0 spiro atoms. The Hall–Kier alpha value is -1.94. The molecular weight excluding hydrogens is 296 g/mol. The summed E-state index contributed by atoms with van der Waals surface area (Å²) in [6.45, 7) is 2.16. The molecule has 0 aliphatic carbocycles. The summed E-state index contributed by atoms with van der Waals surface area (Å²) in [6, 6.07) is 13.2. The van der Waals surface area contributed by atoms with Crippen LogP contribution in [0.4, 0.5) is 5.82 Å². The molecule has 0 unspecified atom stereocenters. The molecule has 0 bridgehead atoms. The van der Waals surface area contributed by atoms with Crippen LogP contribution in [0.25, 0.3) is 0 Å². The largest absolute Gasteiger partial charge is 0.363 e. The van der Waals surface area contributed by atoms with Crippen LogP contribution in [0.1, 0.15) is 37.1 Å². The number of aryl methyl sites for hydroxylation is 1. The molecule has 3 heterocycles. The van der Waals surface area contributed by atoms with Crippen LogP contribution in [0.3, 0.4) is 0 Å². The maximum absolute atomic E-state index is 4.76. The van der Waals surface area contributed by atoms with Crippen molar-refractivity contribution in [3.63, 3.8) is 0 Å². The van der Waals surface area contributed by atoms with Crippen LogP contribution in [0, 0.1) is 0 Å². The van der Waals surface area contributed by atoms with E-state index < -0.39 is 0 Å². The molecule has 1 atom stereocenters. The number of aromatic nitrogens is 2. The van der Waals surface area contributed by atoms with Gasteiger partial charge in [0.25, 0.3) is 0 Å². The van der Waals surface area contributed by atoms with Crippen molar-refractivity contribution < 1.29 is 0 Å². The molecule has 0 N–H and O–H groups in total. The zero-order chi connectivity index (χ0) is 16.8. The van der Waals surface area contributed by atoms with E-state index in [1.807, 2.05) is 26.4 Å². The van der Waals surface area contributed by atoms with Gasteiger partial charge < -0.3 is 4.90 Å². The summed E-state index contributed by atoms with van der Waals surface area (Å²) in [4.78, 5) is 13.9. The SMILES string of the molecule is CN(C)c1cccc(CC[C@@H]2CCCCN2Cc2ccccn2)n1. The number of rotatable bonds is 6. The normalized spacial score (nSPS) is 18.5. The molecule has 24 heavy (non-hydrogen) atoms. The Labute approximate surface area is 145 Å². The van der Waals surface area contributed by atoms with Crippen LogP contribution in [-0.2, 0) is 13.0 Å². The van der Waals surface area contributed by atoms with Crippen molar-refractivity contribution >= 4 is 5.82 Å². The maximum atomic E-state index is 4.76. The Kier molecular flexibility index (Phi) is 5.81. The first-order valence-electron chi connectivity index (χ1n) is 8.99. The molecule has 4 nitrogen and oxygen atoms in total. The summed E-state index contributed by atoms with van der Waals surface area (Å²) in [5.74, 6) is 1.04. The molecule has 1 saturated heterocycles. The quantitative estimate of drug-likeness (QED) is 0.814. The van der Waals surface area contributed by atoms with Crippen molar-refractivity contribution in [2.24, 2.45) is 0 Å². The molecule has 1 aliphatic heterocycles. The molecule has 128 valence electrons. The van der Waals surface area contributed by atoms with E-state index in [2.05, 4.69) is 45.1 Å². The molecule has 4 heteroatoms. The number of piperidine rings is 1. The average molecular weight is 324 g/mol. The second-order valence-corrected chi connectivity index (χ2v) is 6.86. The standard InChI is InChI=1S/C20H28N4/c1-23(2)20-11-7-9-17(22-20)12-13-19-10-4-6-15-24(19)16-18-8-3-5-14-21-18/h3,5,7-9,11,14,19H,4,6,10,12-13,15-16H2,1-2H3/t19-/m0/s1. The summed E-state index contributed by atoms with van der Waals surface area (Å²) < 4.78 is 0. The van der Waals surface area contributed by atoms with Gasteiger partial charge in [-0.3, -0.25) is 9.88 Å². The molecule has 0 aromatic carbocycles. The molecule has 0 amide bonds. The fraction of sp³-hybridized carbons (Fsp3) is 0.500. The van der Waals surface area contributed by atoms with E-state index in [4.69, 9.17) is 4.98 Å². The van der Waals surface area contributed by atoms with E-state index in [9.17, 15) is 0 Å². The van der Waals surface area contributed by atoms with Crippen molar-refractivity contribution in [2.75, 3.05) is 25.5 Å². The number of likely N-dealkylation sites (tertiary alicyclic amines) is 1. The number of pyridine rings is 2. The third kappa shape index (κ3) is 4.54. The van der Waals surface area contributed by atoms with Gasteiger partial charge in [-0.15, -0.1) is 0 Å². The fourth-order valence-corrected chi connectivity index (χ4v) is 3.46. The van der Waals surface area contributed by atoms with Crippen molar-refractivity contribution in [2.45, 2.75) is 44.7 Å². The fourth-order valence-electron chi connectivity index (χ4n) is 3.46. The van der Waals surface area contributed by atoms with Crippen LogP contribution in [0.2, 0.25) is 0 Å². The number of hydrogen-bond donors (Lipinski definition) is 0. The molecule has 2 aromatic rings. The monoisotopic (exact) mass is 324 g/mol. The Morgan fingerprint density at radius 3 is 2.75 bits per heavy atom. The summed E-state index contributed by atoms with van der Waals surface area (Å²) in [6.07, 6.45) is 8.05. The molecule has 3 rings (SSSR count). The van der Waals surface area contributed by atoms with Crippen molar-refractivity contribution in [3.05, 3.63) is 54.0 Å². The molecule has 2 aromatic heterocycles. The van der Waals surface area contributed by atoms with Crippen LogP contribution in [0.15, 0.2) is 42.6 Å². The molecule has 1 fully saturated rings.